The standard InChI is InChI=1S/C16H22Cl2F2N4O2/c1-3-5-22-13(25)9-24-16(21-4-2)23-8-10-6-11(17)7-12(18)14(10)26-15(19)20/h6-7,15H,3-5,8-9H2,1-2H3,(H,22,25)(H2,21,23,24). The maximum absolute atomic E-state index is 12.6. The van der Waals surface area contributed by atoms with Crippen LogP contribution in [0.1, 0.15) is 25.8 Å². The van der Waals surface area contributed by atoms with E-state index in [9.17, 15) is 13.6 Å². The van der Waals surface area contributed by atoms with Gasteiger partial charge in [0.25, 0.3) is 0 Å². The second kappa shape index (κ2) is 11.7. The van der Waals surface area contributed by atoms with Crippen molar-refractivity contribution in [2.24, 2.45) is 4.99 Å². The van der Waals surface area contributed by atoms with Gasteiger partial charge in [0.15, 0.2) is 5.96 Å². The summed E-state index contributed by atoms with van der Waals surface area (Å²) < 4.78 is 29.7. The van der Waals surface area contributed by atoms with Gasteiger partial charge >= 0.3 is 6.61 Å². The predicted octanol–water partition coefficient (Wildman–Crippen LogP) is 3.18. The highest BCUT2D eigenvalue weighted by atomic mass is 35.5. The molecule has 0 spiro atoms. The molecule has 1 amide bonds. The number of alkyl halides is 2. The van der Waals surface area contributed by atoms with Gasteiger partial charge in [0, 0.05) is 23.7 Å². The van der Waals surface area contributed by atoms with Crippen LogP contribution in [0.25, 0.3) is 0 Å². The molecule has 3 N–H and O–H groups in total. The van der Waals surface area contributed by atoms with Gasteiger partial charge in [-0.05, 0) is 25.5 Å². The molecule has 0 heterocycles. The molecule has 1 aromatic rings. The van der Waals surface area contributed by atoms with Crippen molar-refractivity contribution in [2.75, 3.05) is 19.6 Å². The van der Waals surface area contributed by atoms with Crippen molar-refractivity contribution in [3.05, 3.63) is 27.7 Å². The van der Waals surface area contributed by atoms with E-state index in [2.05, 4.69) is 25.7 Å². The predicted molar refractivity (Wildman–Crippen MR) is 99.2 cm³/mol. The number of nitrogens with zero attached hydrogens (tertiary/aromatic N) is 1. The van der Waals surface area contributed by atoms with Crippen LogP contribution in [0.3, 0.4) is 0 Å². The summed E-state index contributed by atoms with van der Waals surface area (Å²) in [7, 11) is 0. The molecule has 10 heteroatoms. The van der Waals surface area contributed by atoms with Gasteiger partial charge in [-0.25, -0.2) is 4.99 Å². The Morgan fingerprint density at radius 3 is 2.58 bits per heavy atom. The Morgan fingerprint density at radius 2 is 1.96 bits per heavy atom. The van der Waals surface area contributed by atoms with Gasteiger partial charge in [-0.1, -0.05) is 30.1 Å². The van der Waals surface area contributed by atoms with Crippen molar-refractivity contribution in [3.63, 3.8) is 0 Å². The van der Waals surface area contributed by atoms with Crippen molar-refractivity contribution in [1.82, 2.24) is 16.0 Å². The van der Waals surface area contributed by atoms with Crippen molar-refractivity contribution >= 4 is 35.1 Å². The van der Waals surface area contributed by atoms with E-state index < -0.39 is 6.61 Å². The summed E-state index contributed by atoms with van der Waals surface area (Å²) in [5, 5.41) is 8.79. The average Bonchev–Trinajstić information content (AvgIpc) is 2.57. The van der Waals surface area contributed by atoms with Crippen LogP contribution in [-0.4, -0.2) is 38.1 Å². The molecular formula is C16H22Cl2F2N4O2. The highest BCUT2D eigenvalue weighted by Gasteiger charge is 2.15. The molecule has 26 heavy (non-hydrogen) atoms. The summed E-state index contributed by atoms with van der Waals surface area (Å²) in [4.78, 5) is 15.9. The minimum atomic E-state index is -3.02. The largest absolute Gasteiger partial charge is 0.433 e. The maximum atomic E-state index is 12.6. The molecule has 0 aromatic heterocycles. The van der Waals surface area contributed by atoms with E-state index in [1.807, 2.05) is 13.8 Å². The third-order valence-electron chi connectivity index (χ3n) is 3.03. The molecule has 0 unspecified atom stereocenters. The minimum Gasteiger partial charge on any atom is -0.433 e. The Morgan fingerprint density at radius 1 is 1.23 bits per heavy atom. The normalized spacial score (nSPS) is 11.4. The summed E-state index contributed by atoms with van der Waals surface area (Å²) >= 11 is 11.9. The van der Waals surface area contributed by atoms with Crippen LogP contribution in [0.15, 0.2) is 17.1 Å². The SMILES string of the molecule is CCCNC(=O)CNC(=NCc1cc(Cl)cc(Cl)c1OC(F)F)NCC. The fourth-order valence-corrected chi connectivity index (χ4v) is 2.53. The van der Waals surface area contributed by atoms with Crippen LogP contribution in [0.5, 0.6) is 5.75 Å². The molecule has 1 rings (SSSR count). The number of nitrogens with one attached hydrogen (secondary N) is 3. The second-order valence-corrected chi connectivity index (χ2v) is 6.00. The van der Waals surface area contributed by atoms with Gasteiger partial charge in [-0.3, -0.25) is 4.79 Å². The molecule has 0 saturated carbocycles. The quantitative estimate of drug-likeness (QED) is 0.431. The lowest BCUT2D eigenvalue weighted by Crippen LogP contribution is -2.43. The first-order valence-electron chi connectivity index (χ1n) is 8.08. The van der Waals surface area contributed by atoms with Crippen LogP contribution < -0.4 is 20.7 Å². The molecule has 0 radical (unpaired) electrons. The second-order valence-electron chi connectivity index (χ2n) is 5.15. The Hall–Kier alpha value is -1.80. The zero-order valence-corrected chi connectivity index (χ0v) is 16.1. The molecule has 6 nitrogen and oxygen atoms in total. The molecule has 0 bridgehead atoms. The Balaban J connectivity index is 2.87. The van der Waals surface area contributed by atoms with Crippen molar-refractivity contribution in [1.29, 1.82) is 0 Å². The van der Waals surface area contributed by atoms with Gasteiger partial charge in [0.05, 0.1) is 18.1 Å². The van der Waals surface area contributed by atoms with E-state index in [-0.39, 0.29) is 34.8 Å². The lowest BCUT2D eigenvalue weighted by molar-refractivity contribution is -0.120. The highest BCUT2D eigenvalue weighted by molar-refractivity contribution is 6.35. The highest BCUT2D eigenvalue weighted by Crippen LogP contribution is 2.34. The lowest BCUT2D eigenvalue weighted by atomic mass is 10.2. The number of guanidine groups is 1. The molecular weight excluding hydrogens is 389 g/mol. The van der Waals surface area contributed by atoms with E-state index in [0.29, 0.717) is 24.6 Å². The number of halogens is 4. The molecule has 0 aliphatic rings. The third kappa shape index (κ3) is 8.05. The molecule has 0 fully saturated rings. The van der Waals surface area contributed by atoms with Gasteiger partial charge < -0.3 is 20.7 Å². The molecule has 146 valence electrons. The summed E-state index contributed by atoms with van der Waals surface area (Å²) in [6.07, 6.45) is 0.836. The Bertz CT molecular complexity index is 631. The first-order valence-corrected chi connectivity index (χ1v) is 8.84. The van der Waals surface area contributed by atoms with Gasteiger partial charge in [0.1, 0.15) is 5.75 Å². The fourth-order valence-electron chi connectivity index (χ4n) is 1.95. The number of carbonyl (C=O) groups is 1. The van der Waals surface area contributed by atoms with E-state index in [1.165, 1.54) is 12.1 Å². The summed E-state index contributed by atoms with van der Waals surface area (Å²) in [5.74, 6) is -0.00502. The monoisotopic (exact) mass is 410 g/mol. The number of carbonyl (C=O) groups excluding carboxylic acids is 1. The molecule has 0 saturated heterocycles. The number of benzene rings is 1. The first kappa shape index (κ1) is 22.2. The average molecular weight is 411 g/mol. The molecule has 0 atom stereocenters. The smallest absolute Gasteiger partial charge is 0.387 e. The number of aliphatic imine (C=N–C) groups is 1. The number of amides is 1. The van der Waals surface area contributed by atoms with E-state index in [4.69, 9.17) is 23.2 Å². The Labute approximate surface area is 161 Å². The van der Waals surface area contributed by atoms with Crippen LogP contribution in [-0.2, 0) is 11.3 Å². The first-order chi connectivity index (χ1) is 12.4. The third-order valence-corrected chi connectivity index (χ3v) is 3.53. The zero-order valence-electron chi connectivity index (χ0n) is 14.5. The minimum absolute atomic E-state index is 0.0196. The van der Waals surface area contributed by atoms with Crippen molar-refractivity contribution in [3.8, 4) is 5.75 Å². The van der Waals surface area contributed by atoms with Gasteiger partial charge in [-0.2, -0.15) is 8.78 Å². The number of hydrogen-bond donors (Lipinski definition) is 3. The molecule has 0 aliphatic carbocycles. The van der Waals surface area contributed by atoms with E-state index >= 15 is 0 Å². The van der Waals surface area contributed by atoms with Gasteiger partial charge in [-0.15, -0.1) is 0 Å². The fraction of sp³-hybridized carbons (Fsp3) is 0.500. The topological polar surface area (TPSA) is 74.8 Å². The summed E-state index contributed by atoms with van der Waals surface area (Å²) in [6.45, 7) is 1.94. The van der Waals surface area contributed by atoms with Crippen LogP contribution in [0.4, 0.5) is 8.78 Å². The Kier molecular flexibility index (Phi) is 10.0. The number of hydrogen-bond acceptors (Lipinski definition) is 3. The molecule has 1 aromatic carbocycles. The zero-order chi connectivity index (χ0) is 19.5. The van der Waals surface area contributed by atoms with Crippen LogP contribution >= 0.6 is 23.2 Å². The number of rotatable bonds is 9. The lowest BCUT2D eigenvalue weighted by Gasteiger charge is -2.14. The van der Waals surface area contributed by atoms with E-state index in [0.717, 1.165) is 6.42 Å². The van der Waals surface area contributed by atoms with Crippen LogP contribution in [0.2, 0.25) is 10.0 Å². The van der Waals surface area contributed by atoms with Crippen molar-refractivity contribution in [2.45, 2.75) is 33.4 Å². The molecule has 0 aliphatic heterocycles. The maximum Gasteiger partial charge on any atom is 0.387 e. The van der Waals surface area contributed by atoms with Crippen molar-refractivity contribution < 1.29 is 18.3 Å². The van der Waals surface area contributed by atoms with E-state index in [1.54, 1.807) is 0 Å². The summed E-state index contributed by atoms with van der Waals surface area (Å²) in [5.41, 5.74) is 0.301. The number of ether oxygens (including phenoxy) is 1. The summed E-state index contributed by atoms with van der Waals surface area (Å²) in [6, 6.07) is 2.77. The van der Waals surface area contributed by atoms with Gasteiger partial charge in [0.2, 0.25) is 5.91 Å². The van der Waals surface area contributed by atoms with Crippen LogP contribution in [0, 0.1) is 0 Å².